The number of pyridine rings is 1. The van der Waals surface area contributed by atoms with Crippen LogP contribution >= 0.6 is 0 Å². The van der Waals surface area contributed by atoms with E-state index in [0.717, 1.165) is 23.9 Å². The maximum Gasteiger partial charge on any atom is 0.358 e. The van der Waals surface area contributed by atoms with Crippen molar-refractivity contribution >= 4 is 18.0 Å². The molecule has 0 aliphatic rings. The van der Waals surface area contributed by atoms with Crippen molar-refractivity contribution in [2.24, 2.45) is 0 Å². The molecule has 0 aliphatic heterocycles. The topological polar surface area (TPSA) is 91.7 Å². The number of ketones is 1. The van der Waals surface area contributed by atoms with Gasteiger partial charge in [0, 0.05) is 18.7 Å². The summed E-state index contributed by atoms with van der Waals surface area (Å²) in [6.45, 7) is -0.432. The lowest BCUT2D eigenvalue weighted by Crippen LogP contribution is -2.27. The summed E-state index contributed by atoms with van der Waals surface area (Å²) in [5.41, 5.74) is -0.697. The van der Waals surface area contributed by atoms with Crippen LogP contribution < -0.4 is 10.2 Å². The SMILES string of the molecule is COC(=O)c1c(OCc2ccccc2)c(=O)c(C(=O)CCc2ccc(F)cc2F)cn1CC=O. The van der Waals surface area contributed by atoms with Crippen LogP contribution in [0.25, 0.3) is 0 Å². The fraction of sp³-hybridized carbons (Fsp3) is 0.200. The van der Waals surface area contributed by atoms with Gasteiger partial charge in [0.2, 0.25) is 5.43 Å². The van der Waals surface area contributed by atoms with Crippen LogP contribution in [0.15, 0.2) is 59.5 Å². The summed E-state index contributed by atoms with van der Waals surface area (Å²) in [4.78, 5) is 49.7. The second kappa shape index (κ2) is 11.1. The highest BCUT2D eigenvalue weighted by Crippen LogP contribution is 2.20. The molecule has 0 saturated heterocycles. The van der Waals surface area contributed by atoms with Crippen LogP contribution in [-0.2, 0) is 29.1 Å². The molecule has 0 bridgehead atoms. The third-order valence-corrected chi connectivity index (χ3v) is 5.05. The first-order valence-electron chi connectivity index (χ1n) is 10.3. The minimum Gasteiger partial charge on any atom is -0.482 e. The third-order valence-electron chi connectivity index (χ3n) is 5.05. The first-order valence-corrected chi connectivity index (χ1v) is 10.3. The van der Waals surface area contributed by atoms with Gasteiger partial charge in [-0.05, 0) is 23.6 Å². The van der Waals surface area contributed by atoms with E-state index < -0.39 is 34.6 Å². The van der Waals surface area contributed by atoms with Crippen molar-refractivity contribution in [2.75, 3.05) is 7.11 Å². The van der Waals surface area contributed by atoms with Gasteiger partial charge in [0.1, 0.15) is 24.5 Å². The van der Waals surface area contributed by atoms with Gasteiger partial charge in [-0.25, -0.2) is 13.6 Å². The molecule has 9 heteroatoms. The van der Waals surface area contributed by atoms with Crippen LogP contribution in [0.4, 0.5) is 8.78 Å². The minimum absolute atomic E-state index is 0.0837. The van der Waals surface area contributed by atoms with E-state index in [2.05, 4.69) is 0 Å². The first-order chi connectivity index (χ1) is 16.3. The first kappa shape index (κ1) is 24.5. The molecular weight excluding hydrogens is 448 g/mol. The van der Waals surface area contributed by atoms with Gasteiger partial charge in [0.25, 0.3) is 0 Å². The van der Waals surface area contributed by atoms with Crippen molar-refractivity contribution in [1.82, 2.24) is 4.57 Å². The van der Waals surface area contributed by atoms with Crippen LogP contribution in [-0.4, -0.2) is 29.7 Å². The van der Waals surface area contributed by atoms with Crippen molar-refractivity contribution in [2.45, 2.75) is 26.0 Å². The Balaban J connectivity index is 1.99. The zero-order valence-electron chi connectivity index (χ0n) is 18.3. The summed E-state index contributed by atoms with van der Waals surface area (Å²) in [6.07, 6.45) is 1.22. The predicted molar refractivity (Wildman–Crippen MR) is 118 cm³/mol. The summed E-state index contributed by atoms with van der Waals surface area (Å²) in [6, 6.07) is 11.8. The Labute approximate surface area is 193 Å². The number of esters is 1. The summed E-state index contributed by atoms with van der Waals surface area (Å²) in [7, 11) is 1.11. The molecule has 1 heterocycles. The largest absolute Gasteiger partial charge is 0.482 e. The second-order valence-electron chi connectivity index (χ2n) is 7.29. The minimum atomic E-state index is -0.922. The highest BCUT2D eigenvalue weighted by molar-refractivity contribution is 5.98. The fourth-order valence-electron chi connectivity index (χ4n) is 3.34. The van der Waals surface area contributed by atoms with Crippen LogP contribution in [0.3, 0.4) is 0 Å². The number of Topliss-reactive ketones (excluding diaryl/α,β-unsaturated/α-hetero) is 1. The molecule has 7 nitrogen and oxygen atoms in total. The van der Waals surface area contributed by atoms with E-state index in [1.807, 2.05) is 0 Å². The van der Waals surface area contributed by atoms with E-state index in [0.29, 0.717) is 17.9 Å². The average molecular weight is 469 g/mol. The quantitative estimate of drug-likeness (QED) is 0.256. The maximum absolute atomic E-state index is 13.9. The van der Waals surface area contributed by atoms with Crippen LogP contribution in [0.1, 0.15) is 38.4 Å². The molecule has 0 fully saturated rings. The lowest BCUT2D eigenvalue weighted by molar-refractivity contribution is -0.108. The summed E-state index contributed by atoms with van der Waals surface area (Å²) < 4.78 is 38.5. The number of aryl methyl sites for hydroxylation is 1. The number of ether oxygens (including phenoxy) is 2. The Morgan fingerprint density at radius 1 is 1.09 bits per heavy atom. The van der Waals surface area contributed by atoms with Gasteiger partial charge < -0.3 is 18.8 Å². The van der Waals surface area contributed by atoms with Crippen molar-refractivity contribution in [3.05, 3.63) is 99.0 Å². The van der Waals surface area contributed by atoms with Crippen molar-refractivity contribution in [3.8, 4) is 5.75 Å². The molecule has 0 spiro atoms. The highest BCUT2D eigenvalue weighted by atomic mass is 19.1. The number of carbonyl (C=O) groups is 3. The van der Waals surface area contributed by atoms with Crippen LogP contribution in [0, 0.1) is 11.6 Å². The zero-order chi connectivity index (χ0) is 24.7. The van der Waals surface area contributed by atoms with Crippen molar-refractivity contribution in [1.29, 1.82) is 0 Å². The molecule has 3 rings (SSSR count). The van der Waals surface area contributed by atoms with Gasteiger partial charge in [0.05, 0.1) is 19.2 Å². The number of nitrogens with zero attached hydrogens (tertiary/aromatic N) is 1. The van der Waals surface area contributed by atoms with E-state index in [9.17, 15) is 28.0 Å². The number of hydrogen-bond acceptors (Lipinski definition) is 6. The summed E-state index contributed by atoms with van der Waals surface area (Å²) >= 11 is 0. The van der Waals surface area contributed by atoms with E-state index in [1.165, 1.54) is 6.07 Å². The van der Waals surface area contributed by atoms with Crippen LogP contribution in [0.5, 0.6) is 5.75 Å². The van der Waals surface area contributed by atoms with Crippen molar-refractivity contribution < 1.29 is 32.6 Å². The standard InChI is InChI=1S/C25H21F2NO6/c1-33-25(32)22-24(34-15-16-5-3-2-4-6-16)23(31)19(14-28(22)11-12-29)21(30)10-8-17-7-9-18(26)13-20(17)27/h2-7,9,12-14H,8,10-11,15H2,1H3. The van der Waals surface area contributed by atoms with E-state index >= 15 is 0 Å². The fourth-order valence-corrected chi connectivity index (χ4v) is 3.34. The molecule has 0 radical (unpaired) electrons. The lowest BCUT2D eigenvalue weighted by atomic mass is 10.0. The number of rotatable bonds is 10. The van der Waals surface area contributed by atoms with E-state index in [-0.39, 0.29) is 42.8 Å². The molecule has 34 heavy (non-hydrogen) atoms. The zero-order valence-corrected chi connectivity index (χ0v) is 18.3. The number of hydrogen-bond donors (Lipinski definition) is 0. The normalized spacial score (nSPS) is 10.6. The smallest absolute Gasteiger partial charge is 0.358 e. The van der Waals surface area contributed by atoms with Gasteiger partial charge in [0.15, 0.2) is 17.2 Å². The molecule has 0 N–H and O–H groups in total. The highest BCUT2D eigenvalue weighted by Gasteiger charge is 2.26. The van der Waals surface area contributed by atoms with Gasteiger partial charge in [-0.1, -0.05) is 36.4 Å². The molecule has 0 atom stereocenters. The molecule has 0 unspecified atom stereocenters. The van der Waals surface area contributed by atoms with Gasteiger partial charge >= 0.3 is 5.97 Å². The molecule has 1 aromatic heterocycles. The number of methoxy groups -OCH3 is 1. The molecule has 0 aliphatic carbocycles. The lowest BCUT2D eigenvalue weighted by Gasteiger charge is -2.16. The average Bonchev–Trinajstić information content (AvgIpc) is 2.83. The molecule has 0 amide bonds. The van der Waals surface area contributed by atoms with E-state index in [1.54, 1.807) is 30.3 Å². The van der Waals surface area contributed by atoms with Gasteiger partial charge in [-0.3, -0.25) is 9.59 Å². The van der Waals surface area contributed by atoms with Gasteiger partial charge in [-0.15, -0.1) is 0 Å². The monoisotopic (exact) mass is 469 g/mol. The summed E-state index contributed by atoms with van der Waals surface area (Å²) in [5, 5.41) is 0. The second-order valence-corrected chi connectivity index (χ2v) is 7.29. The summed E-state index contributed by atoms with van der Waals surface area (Å²) in [5.74, 6) is -3.57. The maximum atomic E-state index is 13.9. The number of aldehydes is 1. The third kappa shape index (κ3) is 5.61. The molecule has 2 aromatic carbocycles. The number of aromatic nitrogens is 1. The van der Waals surface area contributed by atoms with Gasteiger partial charge in [-0.2, -0.15) is 0 Å². The molecule has 0 saturated carbocycles. The Kier molecular flexibility index (Phi) is 8.02. The number of carbonyl (C=O) groups excluding carboxylic acids is 3. The molecule has 176 valence electrons. The van der Waals surface area contributed by atoms with Crippen molar-refractivity contribution in [3.63, 3.8) is 0 Å². The predicted octanol–water partition coefficient (Wildman–Crippen LogP) is 3.51. The number of benzene rings is 2. The van der Waals surface area contributed by atoms with E-state index in [4.69, 9.17) is 9.47 Å². The molecule has 3 aromatic rings. The Morgan fingerprint density at radius 2 is 1.82 bits per heavy atom. The van der Waals surface area contributed by atoms with Crippen LogP contribution in [0.2, 0.25) is 0 Å². The Hall–Kier alpha value is -4.14. The Bertz CT molecular complexity index is 1270. The molecular formula is C25H21F2NO6. The number of halogens is 2. The Morgan fingerprint density at radius 3 is 2.47 bits per heavy atom.